The lowest BCUT2D eigenvalue weighted by atomic mass is 10.3. The molecule has 1 unspecified atom stereocenters. The number of nitrogens with two attached hydrogens (primary N) is 1. The fourth-order valence-electron chi connectivity index (χ4n) is 1.34. The van der Waals surface area contributed by atoms with Gasteiger partial charge < -0.3 is 10.5 Å². The first kappa shape index (κ1) is 14.7. The molecule has 6 heteroatoms. The Morgan fingerprint density at radius 3 is 2.33 bits per heavy atom. The summed E-state index contributed by atoms with van der Waals surface area (Å²) in [6.07, 6.45) is -3.82. The number of methoxy groups -OCH3 is 1. The first-order valence-corrected chi connectivity index (χ1v) is 4.94. The van der Waals surface area contributed by atoms with Gasteiger partial charge in [-0.1, -0.05) is 6.92 Å². The molecule has 0 spiro atoms. The van der Waals surface area contributed by atoms with Crippen LogP contribution in [0.3, 0.4) is 0 Å². The summed E-state index contributed by atoms with van der Waals surface area (Å²) in [5.41, 5.74) is 5.36. The van der Waals surface area contributed by atoms with Crippen LogP contribution in [0, 0.1) is 0 Å². The van der Waals surface area contributed by atoms with E-state index in [1.54, 1.807) is 0 Å². The van der Waals surface area contributed by atoms with Gasteiger partial charge in [-0.05, 0) is 13.0 Å². The maximum absolute atomic E-state index is 12.2. The molecule has 1 atom stereocenters. The number of nitrogens with zero attached hydrogens (tertiary/aromatic N) is 1. The summed E-state index contributed by atoms with van der Waals surface area (Å²) < 4.78 is 41.5. The van der Waals surface area contributed by atoms with Crippen molar-refractivity contribution >= 4 is 0 Å². The van der Waals surface area contributed by atoms with Crippen molar-refractivity contribution in [1.29, 1.82) is 0 Å². The van der Waals surface area contributed by atoms with E-state index in [0.29, 0.717) is 13.0 Å². The number of halogens is 3. The van der Waals surface area contributed by atoms with Crippen LogP contribution < -0.4 is 5.73 Å². The van der Waals surface area contributed by atoms with Crippen molar-refractivity contribution in [3.05, 3.63) is 0 Å². The fourth-order valence-corrected chi connectivity index (χ4v) is 1.34. The summed E-state index contributed by atoms with van der Waals surface area (Å²) in [5, 5.41) is 0. The molecule has 2 N–H and O–H groups in total. The average Bonchev–Trinajstić information content (AvgIpc) is 2.11. The lowest BCUT2D eigenvalue weighted by molar-refractivity contribution is -0.148. The second-order valence-corrected chi connectivity index (χ2v) is 3.44. The van der Waals surface area contributed by atoms with Gasteiger partial charge in [0.05, 0.1) is 12.6 Å². The molecule has 0 aliphatic rings. The summed E-state index contributed by atoms with van der Waals surface area (Å²) in [6, 6.07) is 0. The minimum atomic E-state index is -4.16. The molecule has 0 aliphatic heterocycles. The molecule has 3 nitrogen and oxygen atoms in total. The van der Waals surface area contributed by atoms with Gasteiger partial charge in [0.2, 0.25) is 0 Å². The molecule has 92 valence electrons. The number of hydrogen-bond donors (Lipinski definition) is 1. The Morgan fingerprint density at radius 1 is 1.40 bits per heavy atom. The molecule has 0 saturated heterocycles. The molecule has 0 saturated carbocycles. The molecule has 0 aromatic heterocycles. The van der Waals surface area contributed by atoms with Crippen LogP contribution in [0.5, 0.6) is 0 Å². The minimum absolute atomic E-state index is 0.223. The highest BCUT2D eigenvalue weighted by atomic mass is 19.4. The maximum atomic E-state index is 12.2. The van der Waals surface area contributed by atoms with Gasteiger partial charge in [-0.15, -0.1) is 0 Å². The first-order valence-electron chi connectivity index (χ1n) is 4.94. The van der Waals surface area contributed by atoms with Gasteiger partial charge in [0.15, 0.2) is 0 Å². The zero-order chi connectivity index (χ0) is 11.9. The Morgan fingerprint density at radius 2 is 2.00 bits per heavy atom. The molecule has 0 bridgehead atoms. The van der Waals surface area contributed by atoms with E-state index in [9.17, 15) is 13.2 Å². The molecule has 0 amide bonds. The van der Waals surface area contributed by atoms with Crippen molar-refractivity contribution in [1.82, 2.24) is 4.90 Å². The number of ether oxygens (including phenoxy) is 1. The van der Waals surface area contributed by atoms with Gasteiger partial charge in [0.1, 0.15) is 0 Å². The van der Waals surface area contributed by atoms with E-state index >= 15 is 0 Å². The largest absolute Gasteiger partial charge is 0.401 e. The first-order chi connectivity index (χ1) is 6.92. The van der Waals surface area contributed by atoms with Gasteiger partial charge in [0, 0.05) is 20.2 Å². The summed E-state index contributed by atoms with van der Waals surface area (Å²) in [7, 11) is 1.45. The van der Waals surface area contributed by atoms with Crippen molar-refractivity contribution in [2.75, 3.05) is 33.3 Å². The molecule has 15 heavy (non-hydrogen) atoms. The Kier molecular flexibility index (Phi) is 6.87. The lowest BCUT2D eigenvalue weighted by Crippen LogP contribution is -2.42. The summed E-state index contributed by atoms with van der Waals surface area (Å²) in [6.45, 7) is 1.79. The fraction of sp³-hybridized carbons (Fsp3) is 1.00. The van der Waals surface area contributed by atoms with Crippen LogP contribution in [0.1, 0.15) is 13.3 Å². The monoisotopic (exact) mass is 228 g/mol. The minimum Gasteiger partial charge on any atom is -0.379 e. The van der Waals surface area contributed by atoms with Gasteiger partial charge >= 0.3 is 6.18 Å². The van der Waals surface area contributed by atoms with Crippen molar-refractivity contribution in [2.45, 2.75) is 25.6 Å². The van der Waals surface area contributed by atoms with Crippen molar-refractivity contribution in [3.8, 4) is 0 Å². The molecule has 0 radical (unpaired) electrons. The van der Waals surface area contributed by atoms with Crippen molar-refractivity contribution < 1.29 is 17.9 Å². The lowest BCUT2D eigenvalue weighted by Gasteiger charge is -2.26. The Bertz CT molecular complexity index is 160. The highest BCUT2D eigenvalue weighted by Gasteiger charge is 2.31. The topological polar surface area (TPSA) is 38.5 Å². The normalized spacial score (nSPS) is 14.6. The molecular formula is C9H19F3N2O. The van der Waals surface area contributed by atoms with Crippen molar-refractivity contribution in [3.63, 3.8) is 0 Å². The number of alkyl halides is 3. The van der Waals surface area contributed by atoms with Gasteiger partial charge in [-0.25, -0.2) is 0 Å². The van der Waals surface area contributed by atoms with Gasteiger partial charge in [-0.3, -0.25) is 4.90 Å². The SMILES string of the molecule is CCCN(CC(CN)OC)CC(F)(F)F. The zero-order valence-electron chi connectivity index (χ0n) is 9.18. The van der Waals surface area contributed by atoms with E-state index < -0.39 is 12.7 Å². The molecule has 0 aromatic carbocycles. The molecule has 0 rings (SSSR count). The van der Waals surface area contributed by atoms with Crippen LogP contribution in [0.25, 0.3) is 0 Å². The predicted molar refractivity (Wildman–Crippen MR) is 52.6 cm³/mol. The van der Waals surface area contributed by atoms with Crippen molar-refractivity contribution in [2.24, 2.45) is 5.73 Å². The van der Waals surface area contributed by atoms with Crippen LogP contribution in [-0.4, -0.2) is 50.5 Å². The van der Waals surface area contributed by atoms with E-state index in [-0.39, 0.29) is 19.2 Å². The van der Waals surface area contributed by atoms with Crippen LogP contribution in [0.15, 0.2) is 0 Å². The van der Waals surface area contributed by atoms with E-state index in [0.717, 1.165) is 0 Å². The molecule has 0 heterocycles. The van der Waals surface area contributed by atoms with Crippen LogP contribution in [-0.2, 0) is 4.74 Å². The summed E-state index contributed by atoms with van der Waals surface area (Å²) in [4.78, 5) is 1.32. The highest BCUT2D eigenvalue weighted by molar-refractivity contribution is 4.69. The zero-order valence-corrected chi connectivity index (χ0v) is 9.18. The molecule has 0 fully saturated rings. The third-order valence-electron chi connectivity index (χ3n) is 2.00. The standard InChI is InChI=1S/C9H19F3N2O/c1-3-4-14(7-9(10,11)12)6-8(5-13)15-2/h8H,3-7,13H2,1-2H3. The summed E-state index contributed by atoms with van der Waals surface area (Å²) >= 11 is 0. The third-order valence-corrected chi connectivity index (χ3v) is 2.00. The molecule has 0 aromatic rings. The Hall–Kier alpha value is -0.330. The van der Waals surface area contributed by atoms with E-state index in [1.165, 1.54) is 12.0 Å². The third kappa shape index (κ3) is 7.58. The smallest absolute Gasteiger partial charge is 0.379 e. The summed E-state index contributed by atoms with van der Waals surface area (Å²) in [5.74, 6) is 0. The second kappa shape index (κ2) is 7.03. The quantitative estimate of drug-likeness (QED) is 0.712. The van der Waals surface area contributed by atoms with Crippen LogP contribution >= 0.6 is 0 Å². The number of hydrogen-bond acceptors (Lipinski definition) is 3. The van der Waals surface area contributed by atoms with Gasteiger partial charge in [-0.2, -0.15) is 13.2 Å². The molecular weight excluding hydrogens is 209 g/mol. The Balaban J connectivity index is 4.14. The van der Waals surface area contributed by atoms with E-state index in [2.05, 4.69) is 0 Å². The maximum Gasteiger partial charge on any atom is 0.401 e. The molecule has 0 aliphatic carbocycles. The average molecular weight is 228 g/mol. The van der Waals surface area contributed by atoms with E-state index in [4.69, 9.17) is 10.5 Å². The second-order valence-electron chi connectivity index (χ2n) is 3.44. The highest BCUT2D eigenvalue weighted by Crippen LogP contribution is 2.16. The predicted octanol–water partition coefficient (Wildman–Crippen LogP) is 1.23. The van der Waals surface area contributed by atoms with Crippen LogP contribution in [0.4, 0.5) is 13.2 Å². The van der Waals surface area contributed by atoms with Crippen LogP contribution in [0.2, 0.25) is 0 Å². The van der Waals surface area contributed by atoms with E-state index in [1.807, 2.05) is 6.92 Å². The van der Waals surface area contributed by atoms with Gasteiger partial charge in [0.25, 0.3) is 0 Å². The number of rotatable bonds is 7. The Labute approximate surface area is 88.4 Å².